The van der Waals surface area contributed by atoms with Gasteiger partial charge < -0.3 is 35.0 Å². The van der Waals surface area contributed by atoms with Crippen LogP contribution in [-0.4, -0.2) is 52.0 Å². The average Bonchev–Trinajstić information content (AvgIpc) is 3.03. The molecule has 1 heterocycles. The van der Waals surface area contributed by atoms with Gasteiger partial charge in [0, 0.05) is 36.5 Å². The quantitative estimate of drug-likeness (QED) is 0.373. The van der Waals surface area contributed by atoms with E-state index in [9.17, 15) is 4.79 Å². The Bertz CT molecular complexity index is 822. The summed E-state index contributed by atoms with van der Waals surface area (Å²) >= 11 is 3.55. The molecule has 0 aliphatic rings. The fourth-order valence-corrected chi connectivity index (χ4v) is 3.61. The number of carbonyl (C=O) groups excluding carboxylic acids is 1. The summed E-state index contributed by atoms with van der Waals surface area (Å²) in [5.41, 5.74) is 8.20. The molecule has 4 N–H and O–H groups in total. The minimum absolute atomic E-state index is 0.278. The number of nitrogens with one attached hydrogen (secondary N) is 2. The zero-order valence-corrected chi connectivity index (χ0v) is 18.1. The number of H-pyrrole nitrogens is 1. The van der Waals surface area contributed by atoms with E-state index in [0.29, 0.717) is 47.0 Å². The first kappa shape index (κ1) is 22.1. The van der Waals surface area contributed by atoms with Crippen molar-refractivity contribution in [3.05, 3.63) is 28.0 Å². The zero-order valence-electron chi connectivity index (χ0n) is 16.5. The molecule has 28 heavy (non-hydrogen) atoms. The summed E-state index contributed by atoms with van der Waals surface area (Å²) in [6, 6.07) is 3.65. The Kier molecular flexibility index (Phi) is 8.16. The molecule has 0 spiro atoms. The van der Waals surface area contributed by atoms with Crippen LogP contribution in [0.25, 0.3) is 11.1 Å². The number of rotatable bonds is 10. The lowest BCUT2D eigenvalue weighted by Crippen LogP contribution is -2.22. The minimum atomic E-state index is -0.444. The van der Waals surface area contributed by atoms with Crippen molar-refractivity contribution in [1.29, 1.82) is 0 Å². The molecule has 0 unspecified atom stereocenters. The number of aromatic nitrogens is 1. The molecule has 1 aromatic carbocycles. The van der Waals surface area contributed by atoms with Crippen LogP contribution >= 0.6 is 15.9 Å². The number of benzene rings is 1. The molecule has 0 aliphatic carbocycles. The second kappa shape index (κ2) is 10.4. The predicted molar refractivity (Wildman–Crippen MR) is 110 cm³/mol. The van der Waals surface area contributed by atoms with E-state index in [4.69, 9.17) is 24.7 Å². The van der Waals surface area contributed by atoms with E-state index in [1.54, 1.807) is 34.3 Å². The number of halogens is 1. The molecule has 0 fully saturated rings. The van der Waals surface area contributed by atoms with Crippen molar-refractivity contribution in [2.45, 2.75) is 13.5 Å². The second-order valence-electron chi connectivity index (χ2n) is 5.74. The van der Waals surface area contributed by atoms with Gasteiger partial charge in [0.2, 0.25) is 5.75 Å². The molecular formula is C19H26BrN3O5. The Morgan fingerprint density at radius 1 is 1.18 bits per heavy atom. The van der Waals surface area contributed by atoms with Crippen molar-refractivity contribution in [3.8, 4) is 28.4 Å². The number of carbonyl (C=O) groups is 1. The highest BCUT2D eigenvalue weighted by Crippen LogP contribution is 2.47. The molecule has 0 saturated carbocycles. The minimum Gasteiger partial charge on any atom is -0.493 e. The van der Waals surface area contributed by atoms with E-state index in [0.717, 1.165) is 16.8 Å². The SMILES string of the molecule is CCOC(=O)c1[nH]c(CNCCN)c(-c2ccc(OC)c(OC)c2OC)c1Br. The smallest absolute Gasteiger partial charge is 0.355 e. The highest BCUT2D eigenvalue weighted by molar-refractivity contribution is 9.10. The van der Waals surface area contributed by atoms with E-state index >= 15 is 0 Å². The Balaban J connectivity index is 2.67. The maximum Gasteiger partial charge on any atom is 0.355 e. The van der Waals surface area contributed by atoms with Gasteiger partial charge in [-0.1, -0.05) is 0 Å². The summed E-state index contributed by atoms with van der Waals surface area (Å²) in [5, 5.41) is 3.24. The number of esters is 1. The molecule has 0 amide bonds. The molecular weight excluding hydrogens is 430 g/mol. The van der Waals surface area contributed by atoms with Crippen LogP contribution in [0, 0.1) is 0 Å². The summed E-state index contributed by atoms with van der Waals surface area (Å²) < 4.78 is 22.2. The van der Waals surface area contributed by atoms with Gasteiger partial charge in [-0.25, -0.2) is 4.79 Å². The molecule has 2 rings (SSSR count). The lowest BCUT2D eigenvalue weighted by atomic mass is 10.0. The second-order valence-corrected chi connectivity index (χ2v) is 6.53. The maximum absolute atomic E-state index is 12.4. The first-order chi connectivity index (χ1) is 13.5. The summed E-state index contributed by atoms with van der Waals surface area (Å²) in [6.07, 6.45) is 0. The summed E-state index contributed by atoms with van der Waals surface area (Å²) in [5.74, 6) is 1.06. The molecule has 154 valence electrons. The van der Waals surface area contributed by atoms with Gasteiger partial charge in [-0.05, 0) is 35.0 Å². The largest absolute Gasteiger partial charge is 0.493 e. The van der Waals surface area contributed by atoms with Crippen LogP contribution in [0.4, 0.5) is 0 Å². The molecule has 0 saturated heterocycles. The summed E-state index contributed by atoms with van der Waals surface area (Å²) in [7, 11) is 4.66. The molecule has 0 radical (unpaired) electrons. The Labute approximate surface area is 172 Å². The van der Waals surface area contributed by atoms with Gasteiger partial charge in [-0.2, -0.15) is 0 Å². The van der Waals surface area contributed by atoms with Gasteiger partial charge in [-0.15, -0.1) is 0 Å². The first-order valence-corrected chi connectivity index (χ1v) is 9.60. The molecule has 2 aromatic rings. The molecule has 0 atom stereocenters. The van der Waals surface area contributed by atoms with Crippen molar-refractivity contribution < 1.29 is 23.7 Å². The van der Waals surface area contributed by atoms with Crippen LogP contribution in [0.15, 0.2) is 16.6 Å². The number of hydrogen-bond acceptors (Lipinski definition) is 7. The number of methoxy groups -OCH3 is 3. The molecule has 8 nitrogen and oxygen atoms in total. The topological polar surface area (TPSA) is 108 Å². The lowest BCUT2D eigenvalue weighted by molar-refractivity contribution is 0.0519. The van der Waals surface area contributed by atoms with Crippen LogP contribution in [0.2, 0.25) is 0 Å². The van der Waals surface area contributed by atoms with E-state index in [1.165, 1.54) is 0 Å². The third kappa shape index (κ3) is 4.43. The van der Waals surface area contributed by atoms with E-state index in [1.807, 2.05) is 6.07 Å². The van der Waals surface area contributed by atoms with Crippen LogP contribution in [0.3, 0.4) is 0 Å². The highest BCUT2D eigenvalue weighted by atomic mass is 79.9. The fourth-order valence-electron chi connectivity index (χ4n) is 2.90. The standard InChI is InChI=1S/C19H26BrN3O5/c1-5-28-19(24)16-15(20)14(12(23-16)10-22-9-8-21)11-6-7-13(25-2)18(27-4)17(11)26-3/h6-7,22-23H,5,8-10,21H2,1-4H3. The van der Waals surface area contributed by atoms with Gasteiger partial charge in [0.05, 0.1) is 32.4 Å². The number of hydrogen-bond donors (Lipinski definition) is 3. The van der Waals surface area contributed by atoms with Crippen LogP contribution in [0.5, 0.6) is 17.2 Å². The third-order valence-corrected chi connectivity index (χ3v) is 4.89. The molecule has 0 bridgehead atoms. The molecule has 9 heteroatoms. The first-order valence-electron chi connectivity index (χ1n) is 8.81. The van der Waals surface area contributed by atoms with E-state index < -0.39 is 5.97 Å². The van der Waals surface area contributed by atoms with Gasteiger partial charge in [0.25, 0.3) is 0 Å². The highest BCUT2D eigenvalue weighted by Gasteiger charge is 2.26. The third-order valence-electron chi connectivity index (χ3n) is 4.09. The lowest BCUT2D eigenvalue weighted by Gasteiger charge is -2.16. The van der Waals surface area contributed by atoms with Crippen molar-refractivity contribution in [2.24, 2.45) is 5.73 Å². The summed E-state index contributed by atoms with van der Waals surface area (Å²) in [4.78, 5) is 15.5. The zero-order chi connectivity index (χ0) is 20.7. The number of nitrogens with two attached hydrogens (primary N) is 1. The van der Waals surface area contributed by atoms with Crippen molar-refractivity contribution >= 4 is 21.9 Å². The summed E-state index contributed by atoms with van der Waals surface area (Å²) in [6.45, 7) is 3.65. The number of ether oxygens (including phenoxy) is 4. The molecule has 1 aromatic heterocycles. The fraction of sp³-hybridized carbons (Fsp3) is 0.421. The molecule has 0 aliphatic heterocycles. The van der Waals surface area contributed by atoms with Gasteiger partial charge in [-0.3, -0.25) is 0 Å². The van der Waals surface area contributed by atoms with Crippen molar-refractivity contribution in [1.82, 2.24) is 10.3 Å². The Morgan fingerprint density at radius 3 is 2.46 bits per heavy atom. The maximum atomic E-state index is 12.4. The van der Waals surface area contributed by atoms with Gasteiger partial charge in [0.1, 0.15) is 5.69 Å². The van der Waals surface area contributed by atoms with Crippen LogP contribution in [-0.2, 0) is 11.3 Å². The van der Waals surface area contributed by atoms with E-state index in [2.05, 4.69) is 26.2 Å². The van der Waals surface area contributed by atoms with Crippen molar-refractivity contribution in [2.75, 3.05) is 41.0 Å². The normalized spacial score (nSPS) is 10.6. The van der Waals surface area contributed by atoms with Crippen LogP contribution < -0.4 is 25.3 Å². The van der Waals surface area contributed by atoms with Crippen molar-refractivity contribution in [3.63, 3.8) is 0 Å². The van der Waals surface area contributed by atoms with Crippen LogP contribution in [0.1, 0.15) is 23.1 Å². The van der Waals surface area contributed by atoms with Gasteiger partial charge in [0.15, 0.2) is 11.5 Å². The monoisotopic (exact) mass is 455 g/mol. The van der Waals surface area contributed by atoms with E-state index in [-0.39, 0.29) is 6.61 Å². The van der Waals surface area contributed by atoms with Gasteiger partial charge >= 0.3 is 5.97 Å². The Hall–Kier alpha value is -2.23. The average molecular weight is 456 g/mol. The number of aromatic amines is 1. The Morgan fingerprint density at radius 2 is 1.89 bits per heavy atom. The predicted octanol–water partition coefficient (Wildman–Crippen LogP) is 2.70.